The van der Waals surface area contributed by atoms with E-state index in [9.17, 15) is 0 Å². The second kappa shape index (κ2) is 8.04. The van der Waals surface area contributed by atoms with E-state index < -0.39 is 0 Å². The van der Waals surface area contributed by atoms with Crippen molar-refractivity contribution in [3.8, 4) is 23.0 Å². The number of benzene rings is 2. The van der Waals surface area contributed by atoms with Crippen LogP contribution in [0.4, 0.5) is 0 Å². The Kier molecular flexibility index (Phi) is 5.57. The number of nitrogens with zero attached hydrogens (tertiary/aromatic N) is 2. The molecule has 130 valence electrons. The standard InChI is InChI=1S/C18H19N3O3S/c1-12-20-21-18(24-12)15-6-4-5-7-17(15)25-19-11-13-8-9-14(22-2)10-16(13)23-3/h4-10,19H,11H2,1-3H3. The molecule has 0 radical (unpaired) electrons. The van der Waals surface area contributed by atoms with E-state index in [2.05, 4.69) is 14.9 Å². The van der Waals surface area contributed by atoms with Gasteiger partial charge in [0.1, 0.15) is 11.5 Å². The fraction of sp³-hybridized carbons (Fsp3) is 0.222. The van der Waals surface area contributed by atoms with Gasteiger partial charge in [0.25, 0.3) is 0 Å². The molecule has 1 heterocycles. The van der Waals surface area contributed by atoms with Crippen LogP contribution in [-0.2, 0) is 6.54 Å². The van der Waals surface area contributed by atoms with Crippen molar-refractivity contribution in [1.29, 1.82) is 0 Å². The van der Waals surface area contributed by atoms with Crippen molar-refractivity contribution in [3.63, 3.8) is 0 Å². The summed E-state index contributed by atoms with van der Waals surface area (Å²) in [6.45, 7) is 2.41. The maximum atomic E-state index is 5.54. The Morgan fingerprint density at radius 3 is 2.64 bits per heavy atom. The largest absolute Gasteiger partial charge is 0.497 e. The second-order valence-electron chi connectivity index (χ2n) is 5.22. The van der Waals surface area contributed by atoms with Gasteiger partial charge in [-0.05, 0) is 30.1 Å². The zero-order chi connectivity index (χ0) is 17.6. The third-order valence-corrected chi connectivity index (χ3v) is 4.45. The Balaban J connectivity index is 1.71. The van der Waals surface area contributed by atoms with Crippen molar-refractivity contribution < 1.29 is 13.9 Å². The number of nitrogens with one attached hydrogen (secondary N) is 1. The molecule has 25 heavy (non-hydrogen) atoms. The highest BCUT2D eigenvalue weighted by atomic mass is 32.2. The lowest BCUT2D eigenvalue weighted by molar-refractivity contribution is 0.391. The van der Waals surface area contributed by atoms with Gasteiger partial charge in [0.2, 0.25) is 11.8 Å². The van der Waals surface area contributed by atoms with Gasteiger partial charge in [-0.1, -0.05) is 18.2 Å². The lowest BCUT2D eigenvalue weighted by Gasteiger charge is -2.11. The summed E-state index contributed by atoms with van der Waals surface area (Å²) in [5.74, 6) is 2.62. The molecule has 1 aromatic heterocycles. The van der Waals surface area contributed by atoms with Crippen LogP contribution in [0.1, 0.15) is 11.5 Å². The Hall–Kier alpha value is -2.51. The number of ether oxygens (including phenoxy) is 2. The van der Waals surface area contributed by atoms with Crippen LogP contribution in [0.2, 0.25) is 0 Å². The number of methoxy groups -OCH3 is 2. The molecular formula is C18H19N3O3S. The van der Waals surface area contributed by atoms with Gasteiger partial charge in [0.05, 0.1) is 19.8 Å². The molecule has 3 rings (SSSR count). The Morgan fingerprint density at radius 2 is 1.92 bits per heavy atom. The van der Waals surface area contributed by atoms with Crippen molar-refractivity contribution in [2.45, 2.75) is 18.4 Å². The fourth-order valence-electron chi connectivity index (χ4n) is 2.33. The van der Waals surface area contributed by atoms with Gasteiger partial charge in [0, 0.05) is 30.0 Å². The van der Waals surface area contributed by atoms with E-state index in [1.165, 1.54) is 11.9 Å². The first kappa shape index (κ1) is 17.3. The van der Waals surface area contributed by atoms with E-state index in [1.807, 2.05) is 42.5 Å². The smallest absolute Gasteiger partial charge is 0.248 e. The molecule has 0 saturated heterocycles. The van der Waals surface area contributed by atoms with Gasteiger partial charge < -0.3 is 13.9 Å². The van der Waals surface area contributed by atoms with Crippen molar-refractivity contribution in [2.75, 3.05) is 14.2 Å². The summed E-state index contributed by atoms with van der Waals surface area (Å²) < 4.78 is 19.5. The molecule has 3 aromatic rings. The van der Waals surface area contributed by atoms with Crippen molar-refractivity contribution in [1.82, 2.24) is 14.9 Å². The van der Waals surface area contributed by atoms with Crippen LogP contribution in [-0.4, -0.2) is 24.4 Å². The number of aromatic nitrogens is 2. The molecule has 2 aromatic carbocycles. The van der Waals surface area contributed by atoms with Crippen LogP contribution < -0.4 is 14.2 Å². The lowest BCUT2D eigenvalue weighted by Crippen LogP contribution is -2.05. The summed E-state index contributed by atoms with van der Waals surface area (Å²) in [7, 11) is 3.29. The van der Waals surface area contributed by atoms with Crippen LogP contribution in [0.3, 0.4) is 0 Å². The molecule has 0 aliphatic rings. The molecule has 7 heteroatoms. The first-order chi connectivity index (χ1) is 12.2. The molecule has 0 spiro atoms. The number of aryl methyl sites for hydroxylation is 1. The average Bonchev–Trinajstić information content (AvgIpc) is 3.08. The van der Waals surface area contributed by atoms with E-state index in [4.69, 9.17) is 13.9 Å². The van der Waals surface area contributed by atoms with Gasteiger partial charge in [-0.25, -0.2) is 0 Å². The number of hydrogen-bond donors (Lipinski definition) is 1. The molecule has 0 bridgehead atoms. The summed E-state index contributed by atoms with van der Waals surface area (Å²) in [5, 5.41) is 7.99. The van der Waals surface area contributed by atoms with Crippen molar-refractivity contribution >= 4 is 11.9 Å². The van der Waals surface area contributed by atoms with Crippen LogP contribution in [0.25, 0.3) is 11.5 Å². The molecule has 0 amide bonds. The molecule has 0 aliphatic heterocycles. The van der Waals surface area contributed by atoms with Crippen LogP contribution >= 0.6 is 11.9 Å². The summed E-state index contributed by atoms with van der Waals surface area (Å²) in [6, 6.07) is 13.7. The molecule has 0 aliphatic carbocycles. The van der Waals surface area contributed by atoms with E-state index in [1.54, 1.807) is 21.1 Å². The molecule has 1 N–H and O–H groups in total. The number of hydrogen-bond acceptors (Lipinski definition) is 7. The number of rotatable bonds is 7. The first-order valence-corrected chi connectivity index (χ1v) is 8.53. The predicted molar refractivity (Wildman–Crippen MR) is 96.7 cm³/mol. The van der Waals surface area contributed by atoms with Crippen LogP contribution in [0.5, 0.6) is 11.5 Å². The summed E-state index contributed by atoms with van der Waals surface area (Å²) in [6.07, 6.45) is 0. The van der Waals surface area contributed by atoms with Crippen molar-refractivity contribution in [2.24, 2.45) is 0 Å². The topological polar surface area (TPSA) is 69.4 Å². The average molecular weight is 357 g/mol. The van der Waals surface area contributed by atoms with Gasteiger partial charge in [0.15, 0.2) is 0 Å². The zero-order valence-electron chi connectivity index (χ0n) is 14.3. The van der Waals surface area contributed by atoms with Gasteiger partial charge in [-0.3, -0.25) is 4.72 Å². The third-order valence-electron chi connectivity index (χ3n) is 3.58. The molecular weight excluding hydrogens is 338 g/mol. The summed E-state index contributed by atoms with van der Waals surface area (Å²) >= 11 is 1.51. The van der Waals surface area contributed by atoms with Crippen LogP contribution in [0, 0.1) is 6.92 Å². The summed E-state index contributed by atoms with van der Waals surface area (Å²) in [4.78, 5) is 1.01. The minimum Gasteiger partial charge on any atom is -0.497 e. The molecule has 0 fully saturated rings. The third kappa shape index (κ3) is 4.12. The molecule has 6 nitrogen and oxygen atoms in total. The highest BCUT2D eigenvalue weighted by molar-refractivity contribution is 7.97. The minimum absolute atomic E-state index is 0.518. The van der Waals surface area contributed by atoms with Crippen LogP contribution in [0.15, 0.2) is 51.8 Å². The minimum atomic E-state index is 0.518. The quantitative estimate of drug-likeness (QED) is 0.644. The van der Waals surface area contributed by atoms with E-state index in [0.29, 0.717) is 18.3 Å². The SMILES string of the molecule is COc1ccc(CNSc2ccccc2-c2nnc(C)o2)c(OC)c1. The van der Waals surface area contributed by atoms with Crippen molar-refractivity contribution in [3.05, 3.63) is 53.9 Å². The van der Waals surface area contributed by atoms with E-state index >= 15 is 0 Å². The highest BCUT2D eigenvalue weighted by Gasteiger charge is 2.12. The Labute approximate surface area is 150 Å². The van der Waals surface area contributed by atoms with E-state index in [0.717, 1.165) is 27.5 Å². The van der Waals surface area contributed by atoms with Gasteiger partial charge >= 0.3 is 0 Å². The Bertz CT molecular complexity index is 851. The molecule has 0 saturated carbocycles. The summed E-state index contributed by atoms with van der Waals surface area (Å²) in [5.41, 5.74) is 1.95. The van der Waals surface area contributed by atoms with Gasteiger partial charge in [-0.15, -0.1) is 10.2 Å². The highest BCUT2D eigenvalue weighted by Crippen LogP contribution is 2.30. The van der Waals surface area contributed by atoms with E-state index in [-0.39, 0.29) is 0 Å². The maximum Gasteiger partial charge on any atom is 0.248 e. The lowest BCUT2D eigenvalue weighted by atomic mass is 10.2. The fourth-order valence-corrected chi connectivity index (χ4v) is 3.12. The second-order valence-corrected chi connectivity index (χ2v) is 6.16. The Morgan fingerprint density at radius 1 is 1.08 bits per heavy atom. The normalized spacial score (nSPS) is 10.7. The van der Waals surface area contributed by atoms with Gasteiger partial charge in [-0.2, -0.15) is 0 Å². The first-order valence-electron chi connectivity index (χ1n) is 7.71. The monoisotopic (exact) mass is 357 g/mol. The maximum absolute atomic E-state index is 5.54. The molecule has 0 atom stereocenters. The predicted octanol–water partition coefficient (Wildman–Crippen LogP) is 3.86. The zero-order valence-corrected chi connectivity index (χ0v) is 15.1. The molecule has 0 unspecified atom stereocenters.